The Kier molecular flexibility index (Phi) is 4.00. The molecule has 0 amide bonds. The number of hydrogen-bond donors (Lipinski definition) is 2. The molecule has 0 radical (unpaired) electrons. The highest BCUT2D eigenvalue weighted by molar-refractivity contribution is 4.93. The minimum Gasteiger partial charge on any atom is -0.379 e. The van der Waals surface area contributed by atoms with Gasteiger partial charge in [0.2, 0.25) is 0 Å². The van der Waals surface area contributed by atoms with Crippen LogP contribution in [-0.4, -0.2) is 38.4 Å². The average molecular weight is 212 g/mol. The molecule has 2 N–H and O–H groups in total. The Balaban J connectivity index is 1.65. The van der Waals surface area contributed by atoms with Gasteiger partial charge in [0.1, 0.15) is 0 Å². The van der Waals surface area contributed by atoms with Crippen LogP contribution in [0.15, 0.2) is 0 Å². The van der Waals surface area contributed by atoms with Crippen molar-refractivity contribution < 1.29 is 4.74 Å². The van der Waals surface area contributed by atoms with Gasteiger partial charge < -0.3 is 15.4 Å². The predicted molar refractivity (Wildman–Crippen MR) is 62.0 cm³/mol. The van der Waals surface area contributed by atoms with Gasteiger partial charge in [0, 0.05) is 24.5 Å². The lowest BCUT2D eigenvalue weighted by atomic mass is 10.0. The Bertz CT molecular complexity index is 198. The Labute approximate surface area is 93.0 Å². The molecule has 4 atom stereocenters. The predicted octanol–water partition coefficient (Wildman–Crippen LogP) is 0.999. The van der Waals surface area contributed by atoms with Crippen LogP contribution in [0.3, 0.4) is 0 Å². The maximum Gasteiger partial charge on any atom is 0.0623 e. The number of hydrogen-bond acceptors (Lipinski definition) is 3. The maximum absolute atomic E-state index is 5.53. The highest BCUT2D eigenvalue weighted by Gasteiger charge is 2.36. The van der Waals surface area contributed by atoms with E-state index >= 15 is 0 Å². The molecular weight excluding hydrogens is 188 g/mol. The topological polar surface area (TPSA) is 33.3 Å². The summed E-state index contributed by atoms with van der Waals surface area (Å²) in [6.45, 7) is 8.43. The van der Waals surface area contributed by atoms with E-state index in [-0.39, 0.29) is 0 Å². The summed E-state index contributed by atoms with van der Waals surface area (Å²) >= 11 is 0. The van der Waals surface area contributed by atoms with Crippen molar-refractivity contribution in [1.29, 1.82) is 0 Å². The van der Waals surface area contributed by atoms with E-state index in [0.29, 0.717) is 12.0 Å². The first-order valence-corrected chi connectivity index (χ1v) is 6.39. The number of likely N-dealkylation sites (N-methyl/N-ethyl adjacent to an activating group) is 1. The molecule has 1 aliphatic heterocycles. The zero-order chi connectivity index (χ0) is 10.7. The summed E-state index contributed by atoms with van der Waals surface area (Å²) in [5, 5.41) is 7.17. The van der Waals surface area contributed by atoms with Crippen molar-refractivity contribution in [3.05, 3.63) is 0 Å². The Morgan fingerprint density at radius 3 is 2.60 bits per heavy atom. The lowest BCUT2D eigenvalue weighted by Gasteiger charge is -2.18. The van der Waals surface area contributed by atoms with Gasteiger partial charge in [-0.1, -0.05) is 20.3 Å². The van der Waals surface area contributed by atoms with E-state index in [1.165, 1.54) is 12.8 Å². The van der Waals surface area contributed by atoms with Crippen LogP contribution in [0.1, 0.15) is 26.7 Å². The summed E-state index contributed by atoms with van der Waals surface area (Å²) in [5.74, 6) is 1.62. The van der Waals surface area contributed by atoms with Gasteiger partial charge in [-0.2, -0.15) is 0 Å². The van der Waals surface area contributed by atoms with Gasteiger partial charge in [-0.25, -0.2) is 0 Å². The molecule has 3 heteroatoms. The minimum atomic E-state index is 0.571. The molecule has 0 bridgehead atoms. The normalized spacial score (nSPS) is 39.6. The monoisotopic (exact) mass is 212 g/mol. The zero-order valence-electron chi connectivity index (χ0n) is 9.96. The second-order valence-electron chi connectivity index (χ2n) is 4.88. The molecule has 1 aliphatic carbocycles. The molecule has 0 aromatic carbocycles. The van der Waals surface area contributed by atoms with Crippen LogP contribution >= 0.6 is 0 Å². The minimum absolute atomic E-state index is 0.571. The van der Waals surface area contributed by atoms with Crippen LogP contribution in [0.25, 0.3) is 0 Å². The second kappa shape index (κ2) is 5.28. The fourth-order valence-electron chi connectivity index (χ4n) is 2.54. The van der Waals surface area contributed by atoms with Crippen LogP contribution in [0.2, 0.25) is 0 Å². The summed E-state index contributed by atoms with van der Waals surface area (Å²) < 4.78 is 5.53. The summed E-state index contributed by atoms with van der Waals surface area (Å²) in [5.41, 5.74) is 0. The first-order valence-electron chi connectivity index (χ1n) is 6.39. The highest BCUT2D eigenvalue weighted by atomic mass is 16.5. The third kappa shape index (κ3) is 2.92. The fraction of sp³-hybridized carbons (Fsp3) is 1.00. The molecular formula is C12H24N2O. The van der Waals surface area contributed by atoms with Crippen molar-refractivity contribution in [1.82, 2.24) is 10.6 Å². The number of ether oxygens (including phenoxy) is 1. The fourth-order valence-corrected chi connectivity index (χ4v) is 2.54. The molecule has 2 aliphatic rings. The first kappa shape index (κ1) is 11.4. The highest BCUT2D eigenvalue weighted by Crippen LogP contribution is 2.33. The van der Waals surface area contributed by atoms with Crippen molar-refractivity contribution >= 4 is 0 Å². The quantitative estimate of drug-likeness (QED) is 0.689. The lowest BCUT2D eigenvalue weighted by Crippen LogP contribution is -2.40. The molecule has 1 saturated carbocycles. The van der Waals surface area contributed by atoms with E-state index in [1.807, 2.05) is 0 Å². The van der Waals surface area contributed by atoms with Gasteiger partial charge in [0.15, 0.2) is 0 Å². The smallest absolute Gasteiger partial charge is 0.0623 e. The van der Waals surface area contributed by atoms with Crippen LogP contribution in [0, 0.1) is 11.8 Å². The molecule has 4 unspecified atom stereocenters. The van der Waals surface area contributed by atoms with Crippen molar-refractivity contribution in [2.24, 2.45) is 11.8 Å². The van der Waals surface area contributed by atoms with Gasteiger partial charge >= 0.3 is 0 Å². The van der Waals surface area contributed by atoms with E-state index in [4.69, 9.17) is 4.74 Å². The zero-order valence-corrected chi connectivity index (χ0v) is 9.96. The Morgan fingerprint density at radius 1 is 1.07 bits per heavy atom. The third-order valence-corrected chi connectivity index (χ3v) is 3.75. The molecule has 2 fully saturated rings. The van der Waals surface area contributed by atoms with Crippen molar-refractivity contribution in [3.63, 3.8) is 0 Å². The average Bonchev–Trinajstić information content (AvgIpc) is 2.88. The molecule has 2 rings (SSSR count). The van der Waals surface area contributed by atoms with Gasteiger partial charge in [-0.15, -0.1) is 0 Å². The summed E-state index contributed by atoms with van der Waals surface area (Å²) in [6, 6.07) is 1.37. The second-order valence-corrected chi connectivity index (χ2v) is 4.88. The summed E-state index contributed by atoms with van der Waals surface area (Å²) in [4.78, 5) is 0. The SMILES string of the molecule is CCNC1COCC1CNC1CC1CC. The lowest BCUT2D eigenvalue weighted by molar-refractivity contribution is 0.182. The van der Waals surface area contributed by atoms with Gasteiger partial charge in [-0.05, 0) is 18.9 Å². The van der Waals surface area contributed by atoms with Crippen molar-refractivity contribution in [3.8, 4) is 0 Å². The molecule has 3 nitrogen and oxygen atoms in total. The molecule has 0 aromatic heterocycles. The summed E-state index contributed by atoms with van der Waals surface area (Å²) in [6.07, 6.45) is 2.71. The molecule has 88 valence electrons. The van der Waals surface area contributed by atoms with Crippen LogP contribution in [0.4, 0.5) is 0 Å². The molecule has 1 saturated heterocycles. The standard InChI is InChI=1S/C12H24N2O/c1-3-9-5-11(9)14-6-10-7-15-8-12(10)13-4-2/h9-14H,3-8H2,1-2H3. The van der Waals surface area contributed by atoms with Gasteiger partial charge in [0.25, 0.3) is 0 Å². The van der Waals surface area contributed by atoms with Gasteiger partial charge in [-0.3, -0.25) is 0 Å². The van der Waals surface area contributed by atoms with E-state index in [1.54, 1.807) is 0 Å². The van der Waals surface area contributed by atoms with Crippen LogP contribution < -0.4 is 10.6 Å². The van der Waals surface area contributed by atoms with E-state index in [0.717, 1.165) is 38.3 Å². The third-order valence-electron chi connectivity index (χ3n) is 3.75. The maximum atomic E-state index is 5.53. The molecule has 0 spiro atoms. The van der Waals surface area contributed by atoms with Gasteiger partial charge in [0.05, 0.1) is 13.2 Å². The molecule has 15 heavy (non-hydrogen) atoms. The summed E-state index contributed by atoms with van der Waals surface area (Å²) in [7, 11) is 0. The van der Waals surface area contributed by atoms with Crippen LogP contribution in [0.5, 0.6) is 0 Å². The number of rotatable bonds is 6. The van der Waals surface area contributed by atoms with Crippen molar-refractivity contribution in [2.75, 3.05) is 26.3 Å². The van der Waals surface area contributed by atoms with E-state index < -0.39 is 0 Å². The Morgan fingerprint density at radius 2 is 1.93 bits per heavy atom. The van der Waals surface area contributed by atoms with Crippen molar-refractivity contribution in [2.45, 2.75) is 38.8 Å². The largest absolute Gasteiger partial charge is 0.379 e. The molecule has 0 aromatic rings. The number of nitrogens with one attached hydrogen (secondary N) is 2. The van der Waals surface area contributed by atoms with E-state index in [2.05, 4.69) is 24.5 Å². The molecule has 1 heterocycles. The first-order chi connectivity index (χ1) is 7.35. The Hall–Kier alpha value is -0.120. The van der Waals surface area contributed by atoms with Crippen LogP contribution in [-0.2, 0) is 4.74 Å². The van der Waals surface area contributed by atoms with E-state index in [9.17, 15) is 0 Å².